The zero-order valence-electron chi connectivity index (χ0n) is 8.48. The highest BCUT2D eigenvalue weighted by atomic mass is 79.9. The van der Waals surface area contributed by atoms with Crippen LogP contribution in [0, 0.1) is 5.82 Å². The first-order valence-electron chi connectivity index (χ1n) is 4.78. The van der Waals surface area contributed by atoms with Gasteiger partial charge in [0.1, 0.15) is 5.82 Å². The van der Waals surface area contributed by atoms with Gasteiger partial charge in [0.2, 0.25) is 0 Å². The fraction of sp³-hybridized carbons (Fsp3) is 0.455. The highest BCUT2D eigenvalue weighted by molar-refractivity contribution is 9.10. The van der Waals surface area contributed by atoms with Crippen molar-refractivity contribution in [1.82, 2.24) is 0 Å². The van der Waals surface area contributed by atoms with Crippen LogP contribution in [0.3, 0.4) is 0 Å². The Morgan fingerprint density at radius 2 is 2.14 bits per heavy atom. The average Bonchev–Trinajstić information content (AvgIpc) is 2.20. The Bertz CT molecular complexity index is 325. The summed E-state index contributed by atoms with van der Waals surface area (Å²) in [7, 11) is 0. The minimum absolute atomic E-state index is 0.0674. The molecule has 0 aliphatic carbocycles. The van der Waals surface area contributed by atoms with Crippen molar-refractivity contribution >= 4 is 15.9 Å². The van der Waals surface area contributed by atoms with Crippen LogP contribution in [0.2, 0.25) is 0 Å². The van der Waals surface area contributed by atoms with Gasteiger partial charge < -0.3 is 5.73 Å². The molecule has 0 bridgehead atoms. The standard InChI is InChI=1S/C11H15BrFN/c1-3-8-4-9(7(2)6-14)11(13)10(12)5-8/h4-5,7H,3,6,14H2,1-2H3. The van der Waals surface area contributed by atoms with Crippen molar-refractivity contribution < 1.29 is 4.39 Å². The molecule has 1 aromatic carbocycles. The van der Waals surface area contributed by atoms with Gasteiger partial charge in [-0.25, -0.2) is 4.39 Å². The number of rotatable bonds is 3. The first-order chi connectivity index (χ1) is 6.60. The molecule has 0 fully saturated rings. The predicted molar refractivity (Wildman–Crippen MR) is 60.9 cm³/mol. The molecule has 0 heterocycles. The van der Waals surface area contributed by atoms with E-state index in [-0.39, 0.29) is 11.7 Å². The molecule has 0 aliphatic rings. The summed E-state index contributed by atoms with van der Waals surface area (Å²) >= 11 is 3.22. The lowest BCUT2D eigenvalue weighted by molar-refractivity contribution is 0.583. The summed E-state index contributed by atoms with van der Waals surface area (Å²) in [5.74, 6) is -0.113. The molecule has 0 aromatic heterocycles. The Balaban J connectivity index is 3.20. The highest BCUT2D eigenvalue weighted by Gasteiger charge is 2.13. The smallest absolute Gasteiger partial charge is 0.140 e. The van der Waals surface area contributed by atoms with E-state index in [1.165, 1.54) is 0 Å². The molecule has 1 atom stereocenters. The molecule has 0 saturated heterocycles. The largest absolute Gasteiger partial charge is 0.330 e. The van der Waals surface area contributed by atoms with Crippen molar-refractivity contribution in [3.8, 4) is 0 Å². The van der Waals surface area contributed by atoms with Gasteiger partial charge in [0.15, 0.2) is 0 Å². The van der Waals surface area contributed by atoms with Crippen LogP contribution in [-0.2, 0) is 6.42 Å². The molecule has 14 heavy (non-hydrogen) atoms. The summed E-state index contributed by atoms with van der Waals surface area (Å²) in [6.45, 7) is 4.46. The third-order valence-electron chi connectivity index (χ3n) is 2.41. The quantitative estimate of drug-likeness (QED) is 0.887. The minimum atomic E-state index is -0.180. The van der Waals surface area contributed by atoms with Gasteiger partial charge >= 0.3 is 0 Å². The van der Waals surface area contributed by atoms with Gasteiger partial charge in [-0.1, -0.05) is 19.9 Å². The molecule has 3 heteroatoms. The summed E-state index contributed by atoms with van der Waals surface area (Å²) in [5, 5.41) is 0. The lowest BCUT2D eigenvalue weighted by atomic mass is 9.98. The van der Waals surface area contributed by atoms with Crippen molar-refractivity contribution in [3.05, 3.63) is 33.5 Å². The van der Waals surface area contributed by atoms with Gasteiger partial charge in [-0.3, -0.25) is 0 Å². The van der Waals surface area contributed by atoms with E-state index in [0.29, 0.717) is 16.6 Å². The van der Waals surface area contributed by atoms with Gasteiger partial charge in [-0.05, 0) is 52.0 Å². The molecule has 2 N–H and O–H groups in total. The molecule has 1 nitrogen and oxygen atoms in total. The van der Waals surface area contributed by atoms with Gasteiger partial charge in [0.25, 0.3) is 0 Å². The predicted octanol–water partition coefficient (Wildman–Crippen LogP) is 3.21. The second kappa shape index (κ2) is 4.89. The second-order valence-electron chi connectivity index (χ2n) is 3.47. The first-order valence-corrected chi connectivity index (χ1v) is 5.57. The number of aryl methyl sites for hydroxylation is 1. The van der Waals surface area contributed by atoms with E-state index < -0.39 is 0 Å². The number of halogens is 2. The Kier molecular flexibility index (Phi) is 4.08. The van der Waals surface area contributed by atoms with E-state index in [1.54, 1.807) is 0 Å². The molecule has 1 rings (SSSR count). The van der Waals surface area contributed by atoms with Gasteiger partial charge in [-0.2, -0.15) is 0 Å². The number of benzene rings is 1. The van der Waals surface area contributed by atoms with Crippen molar-refractivity contribution in [2.75, 3.05) is 6.54 Å². The van der Waals surface area contributed by atoms with E-state index in [1.807, 2.05) is 19.1 Å². The van der Waals surface area contributed by atoms with Gasteiger partial charge in [0.05, 0.1) is 4.47 Å². The van der Waals surface area contributed by atoms with Crippen LogP contribution in [0.15, 0.2) is 16.6 Å². The summed E-state index contributed by atoms with van der Waals surface area (Å²) in [4.78, 5) is 0. The summed E-state index contributed by atoms with van der Waals surface area (Å²) in [6.07, 6.45) is 0.906. The van der Waals surface area contributed by atoms with Crippen molar-refractivity contribution in [2.45, 2.75) is 26.2 Å². The van der Waals surface area contributed by atoms with Crippen molar-refractivity contribution in [2.24, 2.45) is 5.73 Å². The molecule has 0 saturated carbocycles. The number of hydrogen-bond acceptors (Lipinski definition) is 1. The van der Waals surface area contributed by atoms with Crippen molar-refractivity contribution in [1.29, 1.82) is 0 Å². The second-order valence-corrected chi connectivity index (χ2v) is 4.33. The van der Waals surface area contributed by atoms with Crippen molar-refractivity contribution in [3.63, 3.8) is 0 Å². The minimum Gasteiger partial charge on any atom is -0.330 e. The van der Waals surface area contributed by atoms with Gasteiger partial charge in [0, 0.05) is 0 Å². The normalized spacial score (nSPS) is 12.9. The Hall–Kier alpha value is -0.410. The maximum Gasteiger partial charge on any atom is 0.140 e. The lowest BCUT2D eigenvalue weighted by Crippen LogP contribution is -2.11. The van der Waals surface area contributed by atoms with Crippen LogP contribution in [0.5, 0.6) is 0 Å². The van der Waals surface area contributed by atoms with Crippen LogP contribution in [0.25, 0.3) is 0 Å². The third-order valence-corrected chi connectivity index (χ3v) is 2.99. The SMILES string of the molecule is CCc1cc(Br)c(F)c(C(C)CN)c1. The molecule has 0 amide bonds. The highest BCUT2D eigenvalue weighted by Crippen LogP contribution is 2.26. The van der Waals surface area contributed by atoms with E-state index in [2.05, 4.69) is 22.9 Å². The first kappa shape index (κ1) is 11.7. The molecular weight excluding hydrogens is 245 g/mol. The van der Waals surface area contributed by atoms with E-state index in [9.17, 15) is 4.39 Å². The maximum absolute atomic E-state index is 13.7. The number of hydrogen-bond donors (Lipinski definition) is 1. The molecule has 1 aromatic rings. The fourth-order valence-corrected chi connectivity index (χ4v) is 1.88. The molecular formula is C11H15BrFN. The van der Waals surface area contributed by atoms with Crippen LogP contribution in [-0.4, -0.2) is 6.54 Å². The van der Waals surface area contributed by atoms with E-state index in [0.717, 1.165) is 12.0 Å². The monoisotopic (exact) mass is 259 g/mol. The maximum atomic E-state index is 13.7. The summed E-state index contributed by atoms with van der Waals surface area (Å²) in [6, 6.07) is 3.72. The van der Waals surface area contributed by atoms with Crippen LogP contribution >= 0.6 is 15.9 Å². The van der Waals surface area contributed by atoms with E-state index >= 15 is 0 Å². The molecule has 0 spiro atoms. The van der Waals surface area contributed by atoms with Crippen LogP contribution in [0.1, 0.15) is 30.9 Å². The fourth-order valence-electron chi connectivity index (χ4n) is 1.36. The lowest BCUT2D eigenvalue weighted by Gasteiger charge is -2.13. The van der Waals surface area contributed by atoms with E-state index in [4.69, 9.17) is 5.73 Å². The molecule has 78 valence electrons. The molecule has 0 radical (unpaired) electrons. The Morgan fingerprint density at radius 3 is 2.64 bits per heavy atom. The van der Waals surface area contributed by atoms with Crippen LogP contribution < -0.4 is 5.73 Å². The van der Waals surface area contributed by atoms with Gasteiger partial charge in [-0.15, -0.1) is 0 Å². The van der Waals surface area contributed by atoms with Crippen LogP contribution in [0.4, 0.5) is 4.39 Å². The Morgan fingerprint density at radius 1 is 1.50 bits per heavy atom. The average molecular weight is 260 g/mol. The molecule has 0 aliphatic heterocycles. The molecule has 1 unspecified atom stereocenters. The Labute approximate surface area is 92.6 Å². The topological polar surface area (TPSA) is 26.0 Å². The summed E-state index contributed by atoms with van der Waals surface area (Å²) in [5.41, 5.74) is 7.37. The zero-order chi connectivity index (χ0) is 10.7. The third kappa shape index (κ3) is 2.34. The number of nitrogens with two attached hydrogens (primary N) is 1. The summed E-state index contributed by atoms with van der Waals surface area (Å²) < 4.78 is 14.2. The zero-order valence-corrected chi connectivity index (χ0v) is 10.1.